The fraction of sp³-hybridized carbons (Fsp3) is 0.100. The molecule has 112 valence electrons. The van der Waals surface area contributed by atoms with E-state index in [0.29, 0.717) is 11.3 Å². The fourth-order valence-electron chi connectivity index (χ4n) is 1.56. The Morgan fingerprint density at radius 2 is 2.10 bits per heavy atom. The van der Waals surface area contributed by atoms with Crippen molar-refractivity contribution in [1.29, 1.82) is 0 Å². The first-order chi connectivity index (χ1) is 9.70. The number of H-pyrrole nitrogens is 1. The van der Waals surface area contributed by atoms with Gasteiger partial charge in [-0.2, -0.15) is 0 Å². The first-order valence-electron chi connectivity index (χ1n) is 5.37. The summed E-state index contributed by atoms with van der Waals surface area (Å²) in [6.07, 6.45) is 0. The molecule has 0 unspecified atom stereocenters. The summed E-state index contributed by atoms with van der Waals surface area (Å²) in [5.74, 6) is 0. The number of nitro benzene ring substituents is 1. The predicted octanol–water partition coefficient (Wildman–Crippen LogP) is 2.11. The summed E-state index contributed by atoms with van der Waals surface area (Å²) in [5, 5.41) is 10.7. The Hall–Kier alpha value is -1.91. The summed E-state index contributed by atoms with van der Waals surface area (Å²) >= 11 is 6.18. The van der Waals surface area contributed by atoms with Crippen molar-refractivity contribution in [2.45, 2.75) is 11.1 Å². The molecule has 11 heteroatoms. The number of aromatic nitrogens is 1. The van der Waals surface area contributed by atoms with Crippen LogP contribution in [0, 0.1) is 17.0 Å². The number of sulfonamides is 1. The average Bonchev–Trinajstić information content (AvgIpc) is 2.71. The van der Waals surface area contributed by atoms with Gasteiger partial charge in [-0.1, -0.05) is 22.9 Å². The molecule has 0 spiro atoms. The lowest BCUT2D eigenvalue weighted by Gasteiger charge is -2.07. The third-order valence-corrected chi connectivity index (χ3v) is 5.73. The van der Waals surface area contributed by atoms with Gasteiger partial charge in [0.15, 0.2) is 4.21 Å². The van der Waals surface area contributed by atoms with E-state index in [2.05, 4.69) is 9.71 Å². The standard InChI is InChI=1S/C10H8ClN3O5S2/c1-5-9(20-10(15)12-5)21(18,19)13-6-2-3-7(11)8(4-6)14(16)17/h2-4,13H,1H3,(H,12,15). The number of nitro groups is 1. The molecule has 0 atom stereocenters. The minimum absolute atomic E-state index is 0.0219. The van der Waals surface area contributed by atoms with Gasteiger partial charge in [0.1, 0.15) is 5.02 Å². The number of nitrogens with zero attached hydrogens (tertiary/aromatic N) is 1. The maximum absolute atomic E-state index is 12.1. The quantitative estimate of drug-likeness (QED) is 0.646. The van der Waals surface area contributed by atoms with Gasteiger partial charge in [-0.3, -0.25) is 19.6 Å². The highest BCUT2D eigenvalue weighted by Gasteiger charge is 2.22. The van der Waals surface area contributed by atoms with E-state index < -0.39 is 25.5 Å². The molecule has 0 aliphatic heterocycles. The van der Waals surface area contributed by atoms with Crippen LogP contribution in [0.1, 0.15) is 5.69 Å². The third-order valence-electron chi connectivity index (χ3n) is 2.42. The summed E-state index contributed by atoms with van der Waals surface area (Å²) in [6.45, 7) is 1.44. The van der Waals surface area contributed by atoms with Gasteiger partial charge in [-0.15, -0.1) is 0 Å². The van der Waals surface area contributed by atoms with E-state index >= 15 is 0 Å². The van der Waals surface area contributed by atoms with Crippen molar-refractivity contribution in [3.63, 3.8) is 0 Å². The van der Waals surface area contributed by atoms with Crippen LogP contribution in [0.15, 0.2) is 27.2 Å². The van der Waals surface area contributed by atoms with Gasteiger partial charge in [0, 0.05) is 11.8 Å². The van der Waals surface area contributed by atoms with Gasteiger partial charge in [0.25, 0.3) is 15.7 Å². The number of aromatic amines is 1. The van der Waals surface area contributed by atoms with Crippen LogP contribution in [0.2, 0.25) is 5.02 Å². The van der Waals surface area contributed by atoms with Crippen LogP contribution in [-0.2, 0) is 10.0 Å². The summed E-state index contributed by atoms with van der Waals surface area (Å²) < 4.78 is 26.3. The number of rotatable bonds is 4. The molecule has 0 radical (unpaired) electrons. The van der Waals surface area contributed by atoms with E-state index in [-0.39, 0.29) is 20.6 Å². The second-order valence-corrected chi connectivity index (χ2v) is 7.22. The van der Waals surface area contributed by atoms with Gasteiger partial charge >= 0.3 is 4.87 Å². The fourth-order valence-corrected chi connectivity index (χ4v) is 4.10. The average molecular weight is 350 g/mol. The number of halogens is 1. The van der Waals surface area contributed by atoms with E-state index in [4.69, 9.17) is 11.6 Å². The molecule has 1 heterocycles. The molecule has 0 aliphatic carbocycles. The highest BCUT2D eigenvalue weighted by atomic mass is 35.5. The van der Waals surface area contributed by atoms with Gasteiger partial charge < -0.3 is 4.98 Å². The van der Waals surface area contributed by atoms with E-state index in [1.54, 1.807) is 0 Å². The van der Waals surface area contributed by atoms with Crippen LogP contribution < -0.4 is 9.60 Å². The number of thiazole rings is 1. The Kier molecular flexibility index (Phi) is 4.03. The monoisotopic (exact) mass is 349 g/mol. The summed E-state index contributed by atoms with van der Waals surface area (Å²) in [5.41, 5.74) is -0.247. The lowest BCUT2D eigenvalue weighted by molar-refractivity contribution is -0.384. The van der Waals surface area contributed by atoms with Crippen molar-refractivity contribution in [3.8, 4) is 0 Å². The van der Waals surface area contributed by atoms with Crippen molar-refractivity contribution in [2.75, 3.05) is 4.72 Å². The van der Waals surface area contributed by atoms with Crippen molar-refractivity contribution in [2.24, 2.45) is 0 Å². The molecule has 1 aromatic carbocycles. The largest absolute Gasteiger partial charge is 0.315 e. The molecule has 21 heavy (non-hydrogen) atoms. The Bertz CT molecular complexity index is 871. The zero-order valence-corrected chi connectivity index (χ0v) is 12.8. The van der Waals surface area contributed by atoms with Crippen molar-refractivity contribution in [3.05, 3.63) is 48.7 Å². The molecule has 1 aromatic heterocycles. The van der Waals surface area contributed by atoms with Crippen LogP contribution in [0.5, 0.6) is 0 Å². The zero-order valence-electron chi connectivity index (χ0n) is 10.4. The topological polar surface area (TPSA) is 122 Å². The minimum atomic E-state index is -4.01. The highest BCUT2D eigenvalue weighted by molar-refractivity contribution is 7.94. The summed E-state index contributed by atoms with van der Waals surface area (Å²) in [4.78, 5) is 23.1. The van der Waals surface area contributed by atoms with Crippen LogP contribution in [0.4, 0.5) is 11.4 Å². The number of hydrogen-bond donors (Lipinski definition) is 2. The lowest BCUT2D eigenvalue weighted by Crippen LogP contribution is -2.12. The second-order valence-electron chi connectivity index (χ2n) is 3.96. The molecular weight excluding hydrogens is 342 g/mol. The lowest BCUT2D eigenvalue weighted by atomic mass is 10.3. The highest BCUT2D eigenvalue weighted by Crippen LogP contribution is 2.29. The van der Waals surface area contributed by atoms with Crippen molar-refractivity contribution in [1.82, 2.24) is 4.98 Å². The maximum Gasteiger partial charge on any atom is 0.306 e. The Morgan fingerprint density at radius 1 is 1.43 bits per heavy atom. The SMILES string of the molecule is Cc1[nH]c(=O)sc1S(=O)(=O)Nc1ccc(Cl)c([N+](=O)[O-])c1. The van der Waals surface area contributed by atoms with Crippen LogP contribution in [-0.4, -0.2) is 18.3 Å². The smallest absolute Gasteiger partial charge is 0.306 e. The predicted molar refractivity (Wildman–Crippen MR) is 78.6 cm³/mol. The van der Waals surface area contributed by atoms with Crippen LogP contribution in [0.25, 0.3) is 0 Å². The van der Waals surface area contributed by atoms with Gasteiger partial charge in [0.2, 0.25) is 0 Å². The molecule has 0 fully saturated rings. The molecule has 2 rings (SSSR count). The molecule has 8 nitrogen and oxygen atoms in total. The van der Waals surface area contributed by atoms with Gasteiger partial charge in [0.05, 0.1) is 10.6 Å². The Balaban J connectivity index is 2.42. The number of benzene rings is 1. The Labute approximate surface area is 127 Å². The molecule has 0 saturated carbocycles. The van der Waals surface area contributed by atoms with E-state index in [1.165, 1.54) is 19.1 Å². The number of aryl methyl sites for hydroxylation is 1. The minimum Gasteiger partial charge on any atom is -0.315 e. The molecule has 0 saturated heterocycles. The second kappa shape index (κ2) is 5.47. The number of hydrogen-bond acceptors (Lipinski definition) is 6. The van der Waals surface area contributed by atoms with Crippen LogP contribution in [0.3, 0.4) is 0 Å². The van der Waals surface area contributed by atoms with Gasteiger partial charge in [-0.25, -0.2) is 8.42 Å². The third kappa shape index (κ3) is 3.23. The van der Waals surface area contributed by atoms with Crippen LogP contribution >= 0.6 is 22.9 Å². The summed E-state index contributed by atoms with van der Waals surface area (Å²) in [7, 11) is -4.01. The van der Waals surface area contributed by atoms with Crippen molar-refractivity contribution >= 4 is 44.3 Å². The summed E-state index contributed by atoms with van der Waals surface area (Å²) in [6, 6.07) is 3.51. The normalized spacial score (nSPS) is 11.3. The first kappa shape index (κ1) is 15.5. The van der Waals surface area contributed by atoms with E-state index in [1.807, 2.05) is 0 Å². The Morgan fingerprint density at radius 3 is 2.62 bits per heavy atom. The molecule has 0 bridgehead atoms. The molecule has 2 N–H and O–H groups in total. The first-order valence-corrected chi connectivity index (χ1v) is 8.05. The molecule has 0 amide bonds. The maximum atomic E-state index is 12.1. The number of anilines is 1. The zero-order chi connectivity index (χ0) is 15.8. The van der Waals surface area contributed by atoms with Gasteiger partial charge in [-0.05, 0) is 19.1 Å². The molecule has 0 aliphatic rings. The molecule has 2 aromatic rings. The van der Waals surface area contributed by atoms with Crippen molar-refractivity contribution < 1.29 is 13.3 Å². The van der Waals surface area contributed by atoms with E-state index in [0.717, 1.165) is 6.07 Å². The van der Waals surface area contributed by atoms with E-state index in [9.17, 15) is 23.3 Å². The number of nitrogens with one attached hydrogen (secondary N) is 2. The molecular formula is C10H8ClN3O5S2.